The number of terminal acetylenes is 1. The van der Waals surface area contributed by atoms with Crippen molar-refractivity contribution in [1.82, 2.24) is 5.32 Å². The molecule has 0 amide bonds. The summed E-state index contributed by atoms with van der Waals surface area (Å²) >= 11 is 0. The fourth-order valence-electron chi connectivity index (χ4n) is 3.46. The predicted molar refractivity (Wildman–Crippen MR) is 86.7 cm³/mol. The molecule has 110 valence electrons. The number of piperidine rings is 1. The molecule has 2 N–H and O–H groups in total. The highest BCUT2D eigenvalue weighted by Gasteiger charge is 2.45. The number of hydrogen-bond donors (Lipinski definition) is 2. The van der Waals surface area contributed by atoms with Crippen LogP contribution in [0.2, 0.25) is 0 Å². The van der Waals surface area contributed by atoms with E-state index in [1.807, 2.05) is 24.3 Å². The minimum absolute atomic E-state index is 0.140. The Bertz CT molecular complexity index is 604. The van der Waals surface area contributed by atoms with Crippen LogP contribution in [0.3, 0.4) is 0 Å². The van der Waals surface area contributed by atoms with Gasteiger partial charge in [-0.2, -0.15) is 0 Å². The Kier molecular flexibility index (Phi) is 3.89. The SMILES string of the molecule is C#Cc1ccc(C#CC2(O)CC(C)(C)NC(C)(C)C2)cc1. The van der Waals surface area contributed by atoms with Gasteiger partial charge in [0.1, 0.15) is 5.60 Å². The summed E-state index contributed by atoms with van der Waals surface area (Å²) in [6, 6.07) is 7.51. The summed E-state index contributed by atoms with van der Waals surface area (Å²) in [5, 5.41) is 14.4. The van der Waals surface area contributed by atoms with Gasteiger partial charge in [0.15, 0.2) is 0 Å². The normalized spacial score (nSPS) is 21.7. The van der Waals surface area contributed by atoms with Gasteiger partial charge in [0.25, 0.3) is 0 Å². The smallest absolute Gasteiger partial charge is 0.129 e. The van der Waals surface area contributed by atoms with Gasteiger partial charge in [-0.05, 0) is 52.0 Å². The number of aliphatic hydroxyl groups is 1. The van der Waals surface area contributed by atoms with Gasteiger partial charge in [0.05, 0.1) is 0 Å². The highest BCUT2D eigenvalue weighted by Crippen LogP contribution is 2.35. The molecule has 0 unspecified atom stereocenters. The van der Waals surface area contributed by atoms with Crippen LogP contribution < -0.4 is 5.32 Å². The highest BCUT2D eigenvalue weighted by atomic mass is 16.3. The first-order valence-corrected chi connectivity index (χ1v) is 7.25. The van der Waals surface area contributed by atoms with E-state index in [-0.39, 0.29) is 11.1 Å². The molecule has 2 rings (SSSR count). The predicted octanol–water partition coefficient (Wildman–Crippen LogP) is 2.69. The van der Waals surface area contributed by atoms with E-state index < -0.39 is 5.60 Å². The first kappa shape index (κ1) is 15.6. The molecule has 0 aromatic heterocycles. The lowest BCUT2D eigenvalue weighted by molar-refractivity contribution is -0.0121. The molecule has 0 aliphatic carbocycles. The summed E-state index contributed by atoms with van der Waals surface area (Å²) in [6.45, 7) is 8.40. The van der Waals surface area contributed by atoms with Crippen LogP contribution in [0.5, 0.6) is 0 Å². The number of nitrogens with one attached hydrogen (secondary N) is 1. The number of rotatable bonds is 0. The van der Waals surface area contributed by atoms with Crippen LogP contribution >= 0.6 is 0 Å². The van der Waals surface area contributed by atoms with E-state index in [1.165, 1.54) is 0 Å². The van der Waals surface area contributed by atoms with Crippen LogP contribution in [0.25, 0.3) is 0 Å². The molecule has 0 atom stereocenters. The third-order valence-corrected chi connectivity index (χ3v) is 3.64. The Morgan fingerprint density at radius 2 is 1.48 bits per heavy atom. The first-order chi connectivity index (χ1) is 9.63. The summed E-state index contributed by atoms with van der Waals surface area (Å²) in [4.78, 5) is 0. The molecule has 1 fully saturated rings. The average Bonchev–Trinajstić information content (AvgIpc) is 2.33. The molecule has 0 saturated carbocycles. The molecule has 0 bridgehead atoms. The van der Waals surface area contributed by atoms with Crippen LogP contribution in [0.1, 0.15) is 51.7 Å². The molecular weight excluding hydrogens is 258 g/mol. The zero-order chi connectivity index (χ0) is 15.7. The van der Waals surface area contributed by atoms with Crippen LogP contribution in [-0.2, 0) is 0 Å². The largest absolute Gasteiger partial charge is 0.377 e. The van der Waals surface area contributed by atoms with E-state index in [9.17, 15) is 5.11 Å². The average molecular weight is 281 g/mol. The maximum atomic E-state index is 10.9. The molecule has 1 aromatic carbocycles. The maximum Gasteiger partial charge on any atom is 0.129 e. The molecule has 0 radical (unpaired) electrons. The summed E-state index contributed by atoms with van der Waals surface area (Å²) in [6.07, 6.45) is 6.56. The van der Waals surface area contributed by atoms with Crippen molar-refractivity contribution in [3.8, 4) is 24.2 Å². The van der Waals surface area contributed by atoms with Gasteiger partial charge in [-0.25, -0.2) is 0 Å². The lowest BCUT2D eigenvalue weighted by Crippen LogP contribution is -2.63. The molecule has 1 saturated heterocycles. The number of benzene rings is 1. The van der Waals surface area contributed by atoms with Gasteiger partial charge in [-0.15, -0.1) is 6.42 Å². The second-order valence-electron chi connectivity index (χ2n) is 7.25. The van der Waals surface area contributed by atoms with Gasteiger partial charge < -0.3 is 10.4 Å². The van der Waals surface area contributed by atoms with Crippen molar-refractivity contribution in [2.45, 2.75) is 57.2 Å². The van der Waals surface area contributed by atoms with Crippen molar-refractivity contribution in [2.24, 2.45) is 0 Å². The van der Waals surface area contributed by atoms with Crippen LogP contribution in [0, 0.1) is 24.2 Å². The van der Waals surface area contributed by atoms with E-state index in [0.29, 0.717) is 12.8 Å². The minimum atomic E-state index is -0.969. The van der Waals surface area contributed by atoms with Gasteiger partial charge >= 0.3 is 0 Å². The van der Waals surface area contributed by atoms with Crippen molar-refractivity contribution in [1.29, 1.82) is 0 Å². The molecule has 1 aliphatic heterocycles. The summed E-state index contributed by atoms with van der Waals surface area (Å²) in [5.41, 5.74) is 0.458. The zero-order valence-electron chi connectivity index (χ0n) is 13.2. The lowest BCUT2D eigenvalue weighted by Gasteiger charge is -2.48. The Balaban J connectivity index is 2.25. The van der Waals surface area contributed by atoms with Crippen molar-refractivity contribution in [3.63, 3.8) is 0 Å². The van der Waals surface area contributed by atoms with E-state index in [4.69, 9.17) is 6.42 Å². The Morgan fingerprint density at radius 3 is 1.95 bits per heavy atom. The minimum Gasteiger partial charge on any atom is -0.377 e. The highest BCUT2D eigenvalue weighted by molar-refractivity contribution is 5.42. The van der Waals surface area contributed by atoms with Crippen molar-refractivity contribution in [3.05, 3.63) is 35.4 Å². The fraction of sp³-hybridized carbons (Fsp3) is 0.474. The van der Waals surface area contributed by atoms with E-state index in [2.05, 4.69) is 50.8 Å². The molecule has 21 heavy (non-hydrogen) atoms. The zero-order valence-corrected chi connectivity index (χ0v) is 13.2. The first-order valence-electron chi connectivity index (χ1n) is 7.25. The standard InChI is InChI=1S/C19H23NO/c1-6-15-7-9-16(10-8-15)11-12-19(21)13-17(2,3)20-18(4,5)14-19/h1,7-10,20-21H,13-14H2,2-5H3. The quantitative estimate of drug-likeness (QED) is 0.717. The maximum absolute atomic E-state index is 10.9. The van der Waals surface area contributed by atoms with Crippen LogP contribution in [-0.4, -0.2) is 21.8 Å². The molecule has 1 aromatic rings. The number of hydrogen-bond acceptors (Lipinski definition) is 2. The Hall–Kier alpha value is -1.74. The van der Waals surface area contributed by atoms with Gasteiger partial charge in [-0.3, -0.25) is 0 Å². The second kappa shape index (κ2) is 5.23. The van der Waals surface area contributed by atoms with E-state index >= 15 is 0 Å². The molecule has 1 heterocycles. The van der Waals surface area contributed by atoms with Crippen molar-refractivity contribution in [2.75, 3.05) is 0 Å². The summed E-state index contributed by atoms with van der Waals surface area (Å²) < 4.78 is 0. The monoisotopic (exact) mass is 281 g/mol. The fourth-order valence-corrected chi connectivity index (χ4v) is 3.46. The molecule has 1 aliphatic rings. The summed E-state index contributed by atoms with van der Waals surface area (Å²) in [5.74, 6) is 8.75. The van der Waals surface area contributed by atoms with E-state index in [0.717, 1.165) is 11.1 Å². The molecule has 2 nitrogen and oxygen atoms in total. The van der Waals surface area contributed by atoms with Gasteiger partial charge in [0.2, 0.25) is 0 Å². The van der Waals surface area contributed by atoms with E-state index in [1.54, 1.807) is 0 Å². The Morgan fingerprint density at radius 1 is 1.00 bits per heavy atom. The third kappa shape index (κ3) is 4.11. The lowest BCUT2D eigenvalue weighted by atomic mass is 9.73. The molecule has 2 heteroatoms. The van der Waals surface area contributed by atoms with Crippen LogP contribution in [0.15, 0.2) is 24.3 Å². The summed E-state index contributed by atoms with van der Waals surface area (Å²) in [7, 11) is 0. The topological polar surface area (TPSA) is 32.3 Å². The Labute approximate surface area is 128 Å². The molecule has 0 spiro atoms. The molecular formula is C19H23NO. The van der Waals surface area contributed by atoms with Crippen molar-refractivity contribution < 1.29 is 5.11 Å². The van der Waals surface area contributed by atoms with Crippen LogP contribution in [0.4, 0.5) is 0 Å². The third-order valence-electron chi connectivity index (χ3n) is 3.64. The van der Waals surface area contributed by atoms with Gasteiger partial charge in [0, 0.05) is 35.0 Å². The second-order valence-corrected chi connectivity index (χ2v) is 7.25. The van der Waals surface area contributed by atoms with Crippen molar-refractivity contribution >= 4 is 0 Å². The van der Waals surface area contributed by atoms with Gasteiger partial charge in [-0.1, -0.05) is 17.8 Å².